The first-order valence-electron chi connectivity index (χ1n) is 6.36. The van der Waals surface area contributed by atoms with E-state index in [0.717, 1.165) is 6.54 Å². The molecule has 1 aromatic rings. The highest BCUT2D eigenvalue weighted by Crippen LogP contribution is 2.15. The minimum atomic E-state index is -4.24. The van der Waals surface area contributed by atoms with E-state index >= 15 is 0 Å². The molecule has 0 spiro atoms. The van der Waals surface area contributed by atoms with Gasteiger partial charge in [0.2, 0.25) is 0 Å². The van der Waals surface area contributed by atoms with E-state index in [1.54, 1.807) is 0 Å². The number of hydrogen-bond acceptors (Lipinski definition) is 2. The van der Waals surface area contributed by atoms with E-state index in [1.165, 1.54) is 17.0 Å². The predicted octanol–water partition coefficient (Wildman–Crippen LogP) is 2.79. The maximum atomic E-state index is 11.8. The molecule has 0 aliphatic rings. The summed E-state index contributed by atoms with van der Waals surface area (Å²) in [5.74, 6) is 0. The molecule has 6 heteroatoms. The Morgan fingerprint density at radius 2 is 2.00 bits per heavy atom. The number of aryl methyl sites for hydroxylation is 1. The van der Waals surface area contributed by atoms with Gasteiger partial charge in [-0.1, -0.05) is 0 Å². The van der Waals surface area contributed by atoms with Crippen molar-refractivity contribution in [1.82, 2.24) is 9.88 Å². The van der Waals surface area contributed by atoms with Crippen LogP contribution in [-0.4, -0.2) is 30.5 Å². The van der Waals surface area contributed by atoms with Gasteiger partial charge in [-0.3, -0.25) is 0 Å². The number of halogens is 3. The minimum Gasteiger partial charge on any atom is -0.371 e. The third-order valence-electron chi connectivity index (χ3n) is 3.00. The van der Waals surface area contributed by atoms with Crippen LogP contribution in [0, 0.1) is 13.8 Å². The highest BCUT2D eigenvalue weighted by atomic mass is 19.4. The second-order valence-electron chi connectivity index (χ2n) is 4.49. The van der Waals surface area contributed by atoms with Crippen LogP contribution in [0.2, 0.25) is 0 Å². The third-order valence-corrected chi connectivity index (χ3v) is 3.00. The molecular weight excluding hydrogens is 257 g/mol. The minimum absolute atomic E-state index is 0.0615. The van der Waals surface area contributed by atoms with Gasteiger partial charge < -0.3 is 14.6 Å². The van der Waals surface area contributed by atoms with Gasteiger partial charge in [-0.15, -0.1) is 0 Å². The first kappa shape index (κ1) is 16.0. The number of hydrogen-bond donors (Lipinski definition) is 1. The Bertz CT molecular complexity index is 399. The molecule has 1 rings (SSSR count). The summed E-state index contributed by atoms with van der Waals surface area (Å²) in [6.07, 6.45) is -4.24. The molecule has 0 aliphatic heterocycles. The fourth-order valence-electron chi connectivity index (χ4n) is 2.09. The molecule has 0 fully saturated rings. The molecule has 1 heterocycles. The Balaban J connectivity index is 2.27. The zero-order valence-corrected chi connectivity index (χ0v) is 11.6. The second-order valence-corrected chi connectivity index (χ2v) is 4.49. The Labute approximate surface area is 111 Å². The molecular formula is C13H21F3N2O. The van der Waals surface area contributed by atoms with Gasteiger partial charge in [-0.2, -0.15) is 13.2 Å². The third kappa shape index (κ3) is 5.24. The Kier molecular flexibility index (Phi) is 5.87. The lowest BCUT2D eigenvalue weighted by molar-refractivity contribution is -0.173. The standard InChI is InChI=1S/C13H21F3N2O/c1-4-18-10(2)7-12(11(18)3)8-17-5-6-19-9-13(14,15)16/h7,17H,4-6,8-9H2,1-3H3. The van der Waals surface area contributed by atoms with E-state index in [4.69, 9.17) is 0 Å². The number of nitrogens with zero attached hydrogens (tertiary/aromatic N) is 1. The van der Waals surface area contributed by atoms with Crippen molar-refractivity contribution in [1.29, 1.82) is 0 Å². The first-order chi connectivity index (χ1) is 8.85. The normalized spacial score (nSPS) is 12.1. The fourth-order valence-corrected chi connectivity index (χ4v) is 2.09. The average molecular weight is 278 g/mol. The zero-order chi connectivity index (χ0) is 14.5. The van der Waals surface area contributed by atoms with E-state index in [-0.39, 0.29) is 6.61 Å². The summed E-state index contributed by atoms with van der Waals surface area (Å²) >= 11 is 0. The summed E-state index contributed by atoms with van der Waals surface area (Å²) in [5, 5.41) is 3.09. The van der Waals surface area contributed by atoms with Gasteiger partial charge in [0.25, 0.3) is 0 Å². The van der Waals surface area contributed by atoms with E-state index in [1.807, 2.05) is 13.8 Å². The van der Waals surface area contributed by atoms with Crippen molar-refractivity contribution < 1.29 is 17.9 Å². The van der Waals surface area contributed by atoms with Crippen LogP contribution in [0.25, 0.3) is 0 Å². The lowest BCUT2D eigenvalue weighted by Gasteiger charge is -2.09. The molecule has 1 N–H and O–H groups in total. The van der Waals surface area contributed by atoms with E-state index in [2.05, 4.69) is 27.6 Å². The van der Waals surface area contributed by atoms with Crippen LogP contribution in [0.3, 0.4) is 0 Å². The number of alkyl halides is 3. The second kappa shape index (κ2) is 6.96. The molecule has 0 bridgehead atoms. The molecule has 0 radical (unpaired) electrons. The fraction of sp³-hybridized carbons (Fsp3) is 0.692. The van der Waals surface area contributed by atoms with Gasteiger partial charge in [0.15, 0.2) is 0 Å². The van der Waals surface area contributed by atoms with Crippen LogP contribution < -0.4 is 5.32 Å². The summed E-state index contributed by atoms with van der Waals surface area (Å²) in [5.41, 5.74) is 3.57. The summed E-state index contributed by atoms with van der Waals surface area (Å²) in [4.78, 5) is 0. The molecule has 0 saturated heterocycles. The lowest BCUT2D eigenvalue weighted by Crippen LogP contribution is -2.23. The van der Waals surface area contributed by atoms with Crippen molar-refractivity contribution in [2.45, 2.75) is 40.0 Å². The molecule has 3 nitrogen and oxygen atoms in total. The molecule has 0 aliphatic carbocycles. The molecule has 0 amide bonds. The molecule has 1 aromatic heterocycles. The topological polar surface area (TPSA) is 26.2 Å². The van der Waals surface area contributed by atoms with E-state index in [0.29, 0.717) is 13.1 Å². The maximum Gasteiger partial charge on any atom is 0.411 e. The molecule has 0 unspecified atom stereocenters. The van der Waals surface area contributed by atoms with Crippen LogP contribution in [0.15, 0.2) is 6.07 Å². The summed E-state index contributed by atoms with van der Waals surface area (Å²) in [7, 11) is 0. The summed E-state index contributed by atoms with van der Waals surface area (Å²) in [6, 6.07) is 2.10. The van der Waals surface area contributed by atoms with Crippen molar-refractivity contribution in [3.8, 4) is 0 Å². The van der Waals surface area contributed by atoms with Gasteiger partial charge >= 0.3 is 6.18 Å². The van der Waals surface area contributed by atoms with E-state index < -0.39 is 12.8 Å². The van der Waals surface area contributed by atoms with E-state index in [9.17, 15) is 13.2 Å². The Morgan fingerprint density at radius 1 is 1.32 bits per heavy atom. The van der Waals surface area contributed by atoms with Gasteiger partial charge in [-0.25, -0.2) is 0 Å². The Morgan fingerprint density at radius 3 is 2.53 bits per heavy atom. The quantitative estimate of drug-likeness (QED) is 0.776. The number of aromatic nitrogens is 1. The largest absolute Gasteiger partial charge is 0.411 e. The maximum absolute atomic E-state index is 11.8. The average Bonchev–Trinajstić information content (AvgIpc) is 2.57. The zero-order valence-electron chi connectivity index (χ0n) is 11.6. The number of nitrogens with one attached hydrogen (secondary N) is 1. The summed E-state index contributed by atoms with van der Waals surface area (Å²) < 4.78 is 42.2. The smallest absolute Gasteiger partial charge is 0.371 e. The predicted molar refractivity (Wildman–Crippen MR) is 68.2 cm³/mol. The van der Waals surface area contributed by atoms with Crippen LogP contribution in [-0.2, 0) is 17.8 Å². The molecule has 110 valence electrons. The van der Waals surface area contributed by atoms with Crippen molar-refractivity contribution in [3.63, 3.8) is 0 Å². The van der Waals surface area contributed by atoms with Gasteiger partial charge in [0, 0.05) is 31.0 Å². The van der Waals surface area contributed by atoms with Crippen molar-refractivity contribution in [2.75, 3.05) is 19.8 Å². The van der Waals surface area contributed by atoms with Crippen LogP contribution in [0.4, 0.5) is 13.2 Å². The summed E-state index contributed by atoms with van der Waals surface area (Å²) in [6.45, 7) is 7.04. The molecule has 0 aromatic carbocycles. The van der Waals surface area contributed by atoms with Crippen LogP contribution in [0.5, 0.6) is 0 Å². The SMILES string of the molecule is CCn1c(C)cc(CNCCOCC(F)(F)F)c1C. The lowest BCUT2D eigenvalue weighted by atomic mass is 10.2. The molecule has 19 heavy (non-hydrogen) atoms. The molecule has 0 atom stereocenters. The van der Waals surface area contributed by atoms with Crippen molar-refractivity contribution >= 4 is 0 Å². The van der Waals surface area contributed by atoms with Gasteiger partial charge in [0.05, 0.1) is 6.61 Å². The number of ether oxygens (including phenoxy) is 1. The van der Waals surface area contributed by atoms with Crippen molar-refractivity contribution in [3.05, 3.63) is 23.0 Å². The highest BCUT2D eigenvalue weighted by Gasteiger charge is 2.27. The van der Waals surface area contributed by atoms with Gasteiger partial charge in [0.1, 0.15) is 6.61 Å². The Hall–Kier alpha value is -1.01. The van der Waals surface area contributed by atoms with Crippen LogP contribution in [0.1, 0.15) is 23.9 Å². The molecule has 0 saturated carbocycles. The highest BCUT2D eigenvalue weighted by molar-refractivity contribution is 5.26. The van der Waals surface area contributed by atoms with Crippen molar-refractivity contribution in [2.24, 2.45) is 0 Å². The number of rotatable bonds is 7. The van der Waals surface area contributed by atoms with Gasteiger partial charge in [-0.05, 0) is 32.4 Å². The first-order valence-corrected chi connectivity index (χ1v) is 6.36. The van der Waals surface area contributed by atoms with Crippen LogP contribution >= 0.6 is 0 Å². The monoisotopic (exact) mass is 278 g/mol.